The number of benzene rings is 2. The Balaban J connectivity index is 0.00000420. The number of hydrogen-bond donors (Lipinski definition) is 2. The van der Waals surface area contributed by atoms with Crippen molar-refractivity contribution in [3.63, 3.8) is 0 Å². The Morgan fingerprint density at radius 3 is 2.45 bits per heavy atom. The van der Waals surface area contributed by atoms with Crippen LogP contribution in [0.5, 0.6) is 5.75 Å². The van der Waals surface area contributed by atoms with Gasteiger partial charge in [-0.15, -0.1) is 24.0 Å². The second kappa shape index (κ2) is 12.2. The Hall–Kier alpha value is -1.59. The fourth-order valence-corrected chi connectivity index (χ4v) is 3.73. The summed E-state index contributed by atoms with van der Waals surface area (Å²) in [5, 5.41) is 6.60. The average Bonchev–Trinajstić information content (AvgIpc) is 2.66. The van der Waals surface area contributed by atoms with Crippen molar-refractivity contribution in [2.75, 3.05) is 25.9 Å². The third-order valence-electron chi connectivity index (χ3n) is 3.77. The molecule has 0 saturated heterocycles. The zero-order valence-corrected chi connectivity index (χ0v) is 20.0. The topological polar surface area (TPSA) is 79.8 Å². The lowest BCUT2D eigenvalue weighted by atomic mass is 10.3. The number of guanidine groups is 1. The lowest BCUT2D eigenvalue weighted by molar-refractivity contribution is 0.224. The summed E-state index contributed by atoms with van der Waals surface area (Å²) < 4.78 is 43.9. The smallest absolute Gasteiger partial charge is 0.191 e. The highest BCUT2D eigenvalue weighted by molar-refractivity contribution is 14.0. The number of nitrogens with zero attached hydrogens (tertiary/aromatic N) is 1. The van der Waals surface area contributed by atoms with E-state index in [0.29, 0.717) is 23.3 Å². The summed E-state index contributed by atoms with van der Waals surface area (Å²) >= 11 is 5.84. The van der Waals surface area contributed by atoms with Crippen LogP contribution in [0.4, 0.5) is 4.39 Å². The van der Waals surface area contributed by atoms with Gasteiger partial charge in [0.2, 0.25) is 0 Å². The standard InChI is InChI=1S/C19H23ClFN3O3S.HI/c1-14(27-16-9-7-15(20)8-10-16)13-24-19(22-2)23-11-12-28(25,26)18-6-4-3-5-17(18)21;/h3-10,14H,11-13H2,1-2H3,(H2,22,23,24);1H. The molecule has 2 aromatic rings. The van der Waals surface area contributed by atoms with Crippen LogP contribution in [0.25, 0.3) is 0 Å². The van der Waals surface area contributed by atoms with Crippen LogP contribution in [-0.4, -0.2) is 46.4 Å². The minimum absolute atomic E-state index is 0. The molecule has 0 aliphatic rings. The normalized spacial score (nSPS) is 12.6. The molecular formula is C19H24ClFIN3O3S. The van der Waals surface area contributed by atoms with E-state index in [0.717, 1.165) is 6.07 Å². The minimum Gasteiger partial charge on any atom is -0.489 e. The number of aliphatic imine (C=N–C) groups is 1. The third-order valence-corrected chi connectivity index (χ3v) is 5.76. The van der Waals surface area contributed by atoms with Gasteiger partial charge in [0.05, 0.1) is 12.3 Å². The van der Waals surface area contributed by atoms with Gasteiger partial charge in [0.25, 0.3) is 0 Å². The van der Waals surface area contributed by atoms with Gasteiger partial charge in [0.15, 0.2) is 15.8 Å². The number of sulfone groups is 1. The average molecular weight is 556 g/mol. The summed E-state index contributed by atoms with van der Waals surface area (Å²) in [6.07, 6.45) is -0.165. The molecular weight excluding hydrogens is 532 g/mol. The molecule has 0 aliphatic heterocycles. The van der Waals surface area contributed by atoms with Crippen LogP contribution in [0.3, 0.4) is 0 Å². The molecule has 0 radical (unpaired) electrons. The van der Waals surface area contributed by atoms with E-state index in [1.807, 2.05) is 6.92 Å². The molecule has 0 aliphatic carbocycles. The molecule has 0 heterocycles. The Kier molecular flexibility index (Phi) is 10.7. The molecule has 0 aromatic heterocycles. The highest BCUT2D eigenvalue weighted by atomic mass is 127. The molecule has 29 heavy (non-hydrogen) atoms. The van der Waals surface area contributed by atoms with Crippen LogP contribution in [0.1, 0.15) is 6.92 Å². The van der Waals surface area contributed by atoms with Crippen LogP contribution in [0, 0.1) is 5.82 Å². The van der Waals surface area contributed by atoms with Crippen molar-refractivity contribution in [1.29, 1.82) is 0 Å². The van der Waals surface area contributed by atoms with Crippen LogP contribution in [-0.2, 0) is 9.84 Å². The lowest BCUT2D eigenvalue weighted by Crippen LogP contribution is -2.43. The van der Waals surface area contributed by atoms with Gasteiger partial charge in [0, 0.05) is 18.6 Å². The fourth-order valence-electron chi connectivity index (χ4n) is 2.36. The van der Waals surface area contributed by atoms with Gasteiger partial charge in [-0.2, -0.15) is 0 Å². The molecule has 10 heteroatoms. The van der Waals surface area contributed by atoms with E-state index in [4.69, 9.17) is 16.3 Å². The summed E-state index contributed by atoms with van der Waals surface area (Å²) in [4.78, 5) is 3.74. The number of nitrogens with one attached hydrogen (secondary N) is 2. The molecule has 2 rings (SSSR count). The quantitative estimate of drug-likeness (QED) is 0.296. The molecule has 1 atom stereocenters. The van der Waals surface area contributed by atoms with Gasteiger partial charge >= 0.3 is 0 Å². The van der Waals surface area contributed by atoms with Crippen molar-refractivity contribution in [2.45, 2.75) is 17.9 Å². The second-order valence-corrected chi connectivity index (χ2v) is 8.53. The monoisotopic (exact) mass is 555 g/mol. The molecule has 0 bridgehead atoms. The molecule has 0 fully saturated rings. The van der Waals surface area contributed by atoms with Crippen LogP contribution in [0.2, 0.25) is 5.02 Å². The molecule has 0 spiro atoms. The summed E-state index contributed by atoms with van der Waals surface area (Å²) in [7, 11) is -2.15. The van der Waals surface area contributed by atoms with Crippen molar-refractivity contribution in [2.24, 2.45) is 4.99 Å². The first kappa shape index (κ1) is 25.4. The highest BCUT2D eigenvalue weighted by Gasteiger charge is 2.18. The number of rotatable bonds is 8. The van der Waals surface area contributed by atoms with Crippen LogP contribution >= 0.6 is 35.6 Å². The Labute approximate surface area is 192 Å². The van der Waals surface area contributed by atoms with Gasteiger partial charge in [-0.1, -0.05) is 23.7 Å². The van der Waals surface area contributed by atoms with Crippen molar-refractivity contribution < 1.29 is 17.5 Å². The summed E-state index contributed by atoms with van der Waals surface area (Å²) in [6.45, 7) is 2.42. The largest absolute Gasteiger partial charge is 0.489 e. The SMILES string of the molecule is CN=C(NCCS(=O)(=O)c1ccccc1F)NCC(C)Oc1ccc(Cl)cc1.I. The van der Waals surface area contributed by atoms with Gasteiger partial charge in [-0.25, -0.2) is 12.8 Å². The third kappa shape index (κ3) is 8.35. The van der Waals surface area contributed by atoms with Gasteiger partial charge in [-0.3, -0.25) is 4.99 Å². The van der Waals surface area contributed by atoms with Crippen molar-refractivity contribution in [3.8, 4) is 5.75 Å². The maximum absolute atomic E-state index is 13.7. The summed E-state index contributed by atoms with van der Waals surface area (Å²) in [5.74, 6) is 0.108. The van der Waals surface area contributed by atoms with E-state index < -0.39 is 15.7 Å². The van der Waals surface area contributed by atoms with Crippen LogP contribution < -0.4 is 15.4 Å². The molecule has 2 aromatic carbocycles. The Bertz CT molecular complexity index is 911. The van der Waals surface area contributed by atoms with E-state index in [1.54, 1.807) is 31.3 Å². The first-order valence-corrected chi connectivity index (χ1v) is 10.7. The molecule has 0 amide bonds. The first-order chi connectivity index (χ1) is 13.3. The lowest BCUT2D eigenvalue weighted by Gasteiger charge is -2.18. The predicted octanol–water partition coefficient (Wildman–Crippen LogP) is 3.50. The minimum atomic E-state index is -3.73. The maximum Gasteiger partial charge on any atom is 0.191 e. The number of halogens is 3. The molecule has 160 valence electrons. The predicted molar refractivity (Wildman–Crippen MR) is 125 cm³/mol. The fraction of sp³-hybridized carbons (Fsp3) is 0.316. The van der Waals surface area contributed by atoms with E-state index in [9.17, 15) is 12.8 Å². The molecule has 1 unspecified atom stereocenters. The van der Waals surface area contributed by atoms with Gasteiger partial charge in [-0.05, 0) is 43.3 Å². The second-order valence-electron chi connectivity index (χ2n) is 6.01. The highest BCUT2D eigenvalue weighted by Crippen LogP contribution is 2.17. The first-order valence-electron chi connectivity index (χ1n) is 8.66. The number of ether oxygens (including phenoxy) is 1. The Morgan fingerprint density at radius 1 is 1.17 bits per heavy atom. The van der Waals surface area contributed by atoms with Gasteiger partial charge < -0.3 is 15.4 Å². The van der Waals surface area contributed by atoms with E-state index in [2.05, 4.69) is 15.6 Å². The zero-order valence-electron chi connectivity index (χ0n) is 16.1. The van der Waals surface area contributed by atoms with E-state index in [1.165, 1.54) is 18.2 Å². The summed E-state index contributed by atoms with van der Waals surface area (Å²) in [6, 6.07) is 12.4. The molecule has 6 nitrogen and oxygen atoms in total. The summed E-state index contributed by atoms with van der Waals surface area (Å²) in [5.41, 5.74) is 0. The van der Waals surface area contributed by atoms with Crippen molar-refractivity contribution in [1.82, 2.24) is 10.6 Å². The van der Waals surface area contributed by atoms with E-state index in [-0.39, 0.29) is 47.3 Å². The molecule has 0 saturated carbocycles. The van der Waals surface area contributed by atoms with Gasteiger partial charge in [0.1, 0.15) is 22.6 Å². The van der Waals surface area contributed by atoms with E-state index >= 15 is 0 Å². The van der Waals surface area contributed by atoms with Crippen molar-refractivity contribution in [3.05, 3.63) is 59.4 Å². The number of hydrogen-bond acceptors (Lipinski definition) is 4. The van der Waals surface area contributed by atoms with Crippen molar-refractivity contribution >= 4 is 51.4 Å². The Morgan fingerprint density at radius 2 is 1.83 bits per heavy atom. The molecule has 2 N–H and O–H groups in total. The zero-order chi connectivity index (χ0) is 20.6. The van der Waals surface area contributed by atoms with Crippen LogP contribution in [0.15, 0.2) is 58.4 Å². The maximum atomic E-state index is 13.7.